The molecule has 1 atom stereocenters. The van der Waals surface area contributed by atoms with Crippen molar-refractivity contribution in [1.29, 1.82) is 0 Å². The number of amides is 1. The molecule has 8 heteroatoms. The maximum atomic E-state index is 14.5. The summed E-state index contributed by atoms with van der Waals surface area (Å²) in [5.74, 6) is -1.24. The van der Waals surface area contributed by atoms with Crippen LogP contribution in [0.5, 0.6) is 0 Å². The number of hydrogen-bond acceptors (Lipinski definition) is 6. The number of piperidine rings is 1. The number of nitrogens with two attached hydrogens (primary N) is 1. The Morgan fingerprint density at radius 3 is 2.65 bits per heavy atom. The molecule has 1 aliphatic heterocycles. The van der Waals surface area contributed by atoms with Crippen LogP contribution in [0.15, 0.2) is 12.1 Å². The van der Waals surface area contributed by atoms with E-state index < -0.39 is 23.5 Å². The summed E-state index contributed by atoms with van der Waals surface area (Å²) in [6.45, 7) is 6.43. The predicted octanol–water partition coefficient (Wildman–Crippen LogP) is 2.69. The van der Waals surface area contributed by atoms with Gasteiger partial charge in [-0.05, 0) is 45.7 Å². The molecule has 7 nitrogen and oxygen atoms in total. The van der Waals surface area contributed by atoms with E-state index in [0.29, 0.717) is 18.8 Å². The zero-order valence-electron chi connectivity index (χ0n) is 15.6. The summed E-state index contributed by atoms with van der Waals surface area (Å²) in [7, 11) is 1.21. The van der Waals surface area contributed by atoms with Crippen molar-refractivity contribution >= 4 is 23.4 Å². The summed E-state index contributed by atoms with van der Waals surface area (Å²) in [4.78, 5) is 25.4. The van der Waals surface area contributed by atoms with Gasteiger partial charge in [0.15, 0.2) is 0 Å². The normalized spacial score (nSPS) is 17.6. The van der Waals surface area contributed by atoms with E-state index >= 15 is 0 Å². The van der Waals surface area contributed by atoms with Crippen LogP contribution in [0.1, 0.15) is 44.0 Å². The number of ether oxygens (including phenoxy) is 2. The van der Waals surface area contributed by atoms with Gasteiger partial charge in [-0.3, -0.25) is 0 Å². The molecule has 2 rings (SSSR count). The lowest BCUT2D eigenvalue weighted by atomic mass is 10.0. The van der Waals surface area contributed by atoms with Gasteiger partial charge in [0.05, 0.1) is 18.4 Å². The van der Waals surface area contributed by atoms with Crippen molar-refractivity contribution in [2.75, 3.05) is 30.8 Å². The standard InChI is InChI=1S/C18H26FN3O4/c1-18(2,3)26-17(24)21-11-6-5-7-22(10-11)15-9-14(20)12(8-13(15)19)16(23)25-4/h8-9,11H,5-7,10,20H2,1-4H3,(H,21,24)/t11-/m0/s1. The van der Waals surface area contributed by atoms with Crippen LogP contribution >= 0.6 is 0 Å². The minimum Gasteiger partial charge on any atom is -0.465 e. The zero-order chi connectivity index (χ0) is 19.5. The molecule has 1 aliphatic rings. The second kappa shape index (κ2) is 7.80. The van der Waals surface area contributed by atoms with Crippen LogP contribution in [0.4, 0.5) is 20.6 Å². The van der Waals surface area contributed by atoms with Gasteiger partial charge in [-0.25, -0.2) is 14.0 Å². The fourth-order valence-corrected chi connectivity index (χ4v) is 2.90. The first-order valence-electron chi connectivity index (χ1n) is 8.52. The average molecular weight is 367 g/mol. The average Bonchev–Trinajstić information content (AvgIpc) is 2.54. The van der Waals surface area contributed by atoms with Gasteiger partial charge >= 0.3 is 12.1 Å². The third-order valence-corrected chi connectivity index (χ3v) is 4.01. The first-order chi connectivity index (χ1) is 12.1. The van der Waals surface area contributed by atoms with Crippen LogP contribution < -0.4 is 16.0 Å². The Kier molecular flexibility index (Phi) is 5.94. The summed E-state index contributed by atoms with van der Waals surface area (Å²) in [6.07, 6.45) is 1.05. The van der Waals surface area contributed by atoms with E-state index in [4.69, 9.17) is 10.5 Å². The molecular weight excluding hydrogens is 341 g/mol. The van der Waals surface area contributed by atoms with E-state index in [1.807, 2.05) is 0 Å². The third kappa shape index (κ3) is 5.00. The highest BCUT2D eigenvalue weighted by Gasteiger charge is 2.26. The molecule has 1 aromatic carbocycles. The Morgan fingerprint density at radius 2 is 2.04 bits per heavy atom. The Labute approximate surface area is 152 Å². The molecular formula is C18H26FN3O4. The van der Waals surface area contributed by atoms with E-state index in [9.17, 15) is 14.0 Å². The molecule has 144 valence electrons. The number of anilines is 2. The molecule has 1 fully saturated rings. The first-order valence-corrected chi connectivity index (χ1v) is 8.52. The highest BCUT2D eigenvalue weighted by Crippen LogP contribution is 2.28. The number of esters is 1. The largest absolute Gasteiger partial charge is 0.465 e. The molecule has 0 aromatic heterocycles. The molecule has 0 bridgehead atoms. The molecule has 1 saturated heterocycles. The number of benzene rings is 1. The Hall–Kier alpha value is -2.51. The van der Waals surface area contributed by atoms with Gasteiger partial charge in [0, 0.05) is 24.8 Å². The summed E-state index contributed by atoms with van der Waals surface area (Å²) in [5, 5.41) is 2.82. The molecule has 26 heavy (non-hydrogen) atoms. The van der Waals surface area contributed by atoms with Gasteiger partial charge in [-0.1, -0.05) is 0 Å². The van der Waals surface area contributed by atoms with Gasteiger partial charge in [0.25, 0.3) is 0 Å². The van der Waals surface area contributed by atoms with Crippen LogP contribution in [-0.4, -0.2) is 43.9 Å². The van der Waals surface area contributed by atoms with Crippen molar-refractivity contribution in [3.63, 3.8) is 0 Å². The van der Waals surface area contributed by atoms with E-state index in [1.165, 1.54) is 13.2 Å². The van der Waals surface area contributed by atoms with Crippen molar-refractivity contribution in [1.82, 2.24) is 5.32 Å². The number of halogens is 1. The Bertz CT molecular complexity index is 688. The quantitative estimate of drug-likeness (QED) is 0.630. The van der Waals surface area contributed by atoms with Crippen LogP contribution in [0.2, 0.25) is 0 Å². The van der Waals surface area contributed by atoms with E-state index in [-0.39, 0.29) is 17.3 Å². The first kappa shape index (κ1) is 19.8. The summed E-state index contributed by atoms with van der Waals surface area (Å²) in [6, 6.07) is 2.35. The van der Waals surface area contributed by atoms with E-state index in [1.54, 1.807) is 25.7 Å². The molecule has 0 saturated carbocycles. The Balaban J connectivity index is 2.11. The second-order valence-electron chi connectivity index (χ2n) is 7.31. The van der Waals surface area contributed by atoms with Crippen molar-refractivity contribution in [2.24, 2.45) is 0 Å². The van der Waals surface area contributed by atoms with Gasteiger partial charge in [0.2, 0.25) is 0 Å². The van der Waals surface area contributed by atoms with Gasteiger partial charge in [-0.15, -0.1) is 0 Å². The second-order valence-corrected chi connectivity index (χ2v) is 7.31. The number of nitrogen functional groups attached to an aromatic ring is 1. The SMILES string of the molecule is COC(=O)c1cc(F)c(N2CCC[C@H](NC(=O)OC(C)(C)C)C2)cc1N. The predicted molar refractivity (Wildman–Crippen MR) is 96.8 cm³/mol. The van der Waals surface area contributed by atoms with Gasteiger partial charge < -0.3 is 25.4 Å². The number of nitrogens with zero attached hydrogens (tertiary/aromatic N) is 1. The van der Waals surface area contributed by atoms with Crippen LogP contribution in [0, 0.1) is 5.82 Å². The number of carbonyl (C=O) groups excluding carboxylic acids is 2. The van der Waals surface area contributed by atoms with Crippen molar-refractivity contribution in [2.45, 2.75) is 45.3 Å². The highest BCUT2D eigenvalue weighted by atomic mass is 19.1. The van der Waals surface area contributed by atoms with Gasteiger partial charge in [-0.2, -0.15) is 0 Å². The van der Waals surface area contributed by atoms with E-state index in [2.05, 4.69) is 10.1 Å². The fourth-order valence-electron chi connectivity index (χ4n) is 2.90. The number of hydrogen-bond donors (Lipinski definition) is 2. The molecule has 0 spiro atoms. The molecule has 0 radical (unpaired) electrons. The summed E-state index contributed by atoms with van der Waals surface area (Å²) >= 11 is 0. The van der Waals surface area contributed by atoms with Crippen molar-refractivity contribution in [3.05, 3.63) is 23.5 Å². The maximum absolute atomic E-state index is 14.5. The minimum absolute atomic E-state index is 0.00538. The lowest BCUT2D eigenvalue weighted by Gasteiger charge is -2.35. The number of alkyl carbamates (subject to hydrolysis) is 1. The molecule has 1 amide bonds. The van der Waals surface area contributed by atoms with Crippen LogP contribution in [0.25, 0.3) is 0 Å². The topological polar surface area (TPSA) is 93.9 Å². The van der Waals surface area contributed by atoms with Crippen LogP contribution in [0.3, 0.4) is 0 Å². The molecule has 3 N–H and O–H groups in total. The lowest BCUT2D eigenvalue weighted by Crippen LogP contribution is -2.49. The van der Waals surface area contributed by atoms with Crippen molar-refractivity contribution < 1.29 is 23.5 Å². The molecule has 0 unspecified atom stereocenters. The maximum Gasteiger partial charge on any atom is 0.407 e. The number of nitrogens with one attached hydrogen (secondary N) is 1. The third-order valence-electron chi connectivity index (χ3n) is 4.01. The summed E-state index contributed by atoms with van der Waals surface area (Å²) < 4.78 is 24.4. The zero-order valence-corrected chi connectivity index (χ0v) is 15.6. The number of methoxy groups -OCH3 is 1. The lowest BCUT2D eigenvalue weighted by molar-refractivity contribution is 0.0499. The molecule has 1 aromatic rings. The van der Waals surface area contributed by atoms with Crippen molar-refractivity contribution in [3.8, 4) is 0 Å². The van der Waals surface area contributed by atoms with E-state index in [0.717, 1.165) is 18.9 Å². The highest BCUT2D eigenvalue weighted by molar-refractivity contribution is 5.95. The molecule has 1 heterocycles. The monoisotopic (exact) mass is 367 g/mol. The smallest absolute Gasteiger partial charge is 0.407 e. The summed E-state index contributed by atoms with van der Waals surface area (Å²) in [5.41, 5.74) is 5.73. The minimum atomic E-state index is -0.684. The van der Waals surface area contributed by atoms with Gasteiger partial charge in [0.1, 0.15) is 11.4 Å². The number of carbonyl (C=O) groups is 2. The number of rotatable bonds is 3. The molecule has 0 aliphatic carbocycles. The fraction of sp³-hybridized carbons (Fsp3) is 0.556. The van der Waals surface area contributed by atoms with Crippen LogP contribution in [-0.2, 0) is 9.47 Å². The Morgan fingerprint density at radius 1 is 1.35 bits per heavy atom.